The smallest absolute Gasteiger partial charge is 0.304 e. The number of alkyl halides is 2. The Kier molecular flexibility index (Phi) is 3.37. The van der Waals surface area contributed by atoms with E-state index in [4.69, 9.17) is 4.74 Å². The molecule has 15 heavy (non-hydrogen) atoms. The van der Waals surface area contributed by atoms with Crippen LogP contribution in [0, 0.1) is 5.92 Å². The summed E-state index contributed by atoms with van der Waals surface area (Å²) in [7, 11) is -3.94. The first kappa shape index (κ1) is 12.8. The maximum atomic E-state index is 13.5. The van der Waals surface area contributed by atoms with Gasteiger partial charge in [-0.2, -0.15) is 8.42 Å². The molecular weight excluding hydrogens is 230 g/mol. The number of halogens is 2. The number of ether oxygens (including phenoxy) is 1. The Morgan fingerprint density at radius 1 is 1.47 bits per heavy atom. The lowest BCUT2D eigenvalue weighted by atomic mass is 9.98. The van der Waals surface area contributed by atoms with E-state index in [1.807, 2.05) is 0 Å². The molecule has 1 rings (SSSR count). The third-order valence-corrected chi connectivity index (χ3v) is 2.97. The molecule has 0 radical (unpaired) electrons. The van der Waals surface area contributed by atoms with Crippen molar-refractivity contribution in [2.75, 3.05) is 6.26 Å². The first-order valence-corrected chi connectivity index (χ1v) is 6.41. The molecule has 1 saturated heterocycles. The molecule has 4 nitrogen and oxygen atoms in total. The second-order valence-corrected chi connectivity index (χ2v) is 5.28. The van der Waals surface area contributed by atoms with E-state index < -0.39 is 34.4 Å². The van der Waals surface area contributed by atoms with Gasteiger partial charge in [-0.1, -0.05) is 13.8 Å². The molecule has 0 aromatic rings. The van der Waals surface area contributed by atoms with Crippen molar-refractivity contribution in [2.24, 2.45) is 5.92 Å². The second-order valence-electron chi connectivity index (χ2n) is 3.68. The molecule has 0 aromatic carbocycles. The summed E-state index contributed by atoms with van der Waals surface area (Å²) in [6.45, 7) is 3.01. The summed E-state index contributed by atoms with van der Waals surface area (Å²) in [5.74, 6) is -4.32. The molecule has 0 N–H and O–H groups in total. The molecule has 1 aliphatic heterocycles. The highest BCUT2D eigenvalue weighted by Crippen LogP contribution is 2.42. The fourth-order valence-electron chi connectivity index (χ4n) is 1.53. The second kappa shape index (κ2) is 3.95. The molecule has 0 aliphatic carbocycles. The van der Waals surface area contributed by atoms with E-state index >= 15 is 0 Å². The Morgan fingerprint density at radius 2 is 2.00 bits per heavy atom. The van der Waals surface area contributed by atoms with Gasteiger partial charge in [0.15, 0.2) is 0 Å². The third-order valence-electron chi connectivity index (χ3n) is 2.44. The monoisotopic (exact) mass is 244 g/mol. The van der Waals surface area contributed by atoms with Crippen molar-refractivity contribution in [1.82, 2.24) is 0 Å². The minimum absolute atomic E-state index is 0.389. The predicted molar refractivity (Wildman–Crippen MR) is 49.0 cm³/mol. The highest BCUT2D eigenvalue weighted by atomic mass is 32.2. The van der Waals surface area contributed by atoms with E-state index in [1.165, 1.54) is 6.92 Å². The minimum atomic E-state index is -3.94. The molecule has 1 aliphatic rings. The van der Waals surface area contributed by atoms with Crippen LogP contribution in [0.2, 0.25) is 0 Å². The molecule has 7 heteroatoms. The van der Waals surface area contributed by atoms with Crippen molar-refractivity contribution in [2.45, 2.75) is 38.6 Å². The molecule has 0 amide bonds. The molecular formula is C8H14F2O4S. The number of hydrogen-bond donors (Lipinski definition) is 0. The Balaban J connectivity index is 2.84. The molecule has 1 heterocycles. The lowest BCUT2D eigenvalue weighted by Crippen LogP contribution is -2.36. The van der Waals surface area contributed by atoms with Crippen LogP contribution in [0.4, 0.5) is 8.78 Å². The molecule has 1 unspecified atom stereocenters. The lowest BCUT2D eigenvalue weighted by molar-refractivity contribution is -0.174. The SMILES string of the molecule is CC[C@H]1OC(OS(C)(=O)=O)C(F)(F)[C@@H]1C. The fraction of sp³-hybridized carbons (Fsp3) is 1.00. The molecule has 0 spiro atoms. The van der Waals surface area contributed by atoms with Crippen molar-refractivity contribution < 1.29 is 26.1 Å². The zero-order chi connectivity index (χ0) is 11.9. The van der Waals surface area contributed by atoms with Crippen LogP contribution in [-0.2, 0) is 19.0 Å². The Bertz CT molecular complexity index is 328. The van der Waals surface area contributed by atoms with Crippen LogP contribution in [0.25, 0.3) is 0 Å². The quantitative estimate of drug-likeness (QED) is 0.703. The van der Waals surface area contributed by atoms with Gasteiger partial charge in [0.1, 0.15) is 0 Å². The van der Waals surface area contributed by atoms with Gasteiger partial charge < -0.3 is 4.74 Å². The Labute approximate surface area is 87.7 Å². The first-order valence-electron chi connectivity index (χ1n) is 4.60. The van der Waals surface area contributed by atoms with Gasteiger partial charge >= 0.3 is 5.92 Å². The average Bonchev–Trinajstić information content (AvgIpc) is 2.26. The molecule has 0 bridgehead atoms. The zero-order valence-corrected chi connectivity index (χ0v) is 9.55. The summed E-state index contributed by atoms with van der Waals surface area (Å²) in [6, 6.07) is 0. The normalized spacial score (nSPS) is 35.7. The van der Waals surface area contributed by atoms with Crippen molar-refractivity contribution in [1.29, 1.82) is 0 Å². The Hall–Kier alpha value is -0.270. The summed E-state index contributed by atoms with van der Waals surface area (Å²) in [6.07, 6.45) is -1.56. The number of hydrogen-bond acceptors (Lipinski definition) is 4. The van der Waals surface area contributed by atoms with Crippen molar-refractivity contribution in [3.63, 3.8) is 0 Å². The molecule has 0 aromatic heterocycles. The first-order chi connectivity index (χ1) is 6.68. The van der Waals surface area contributed by atoms with Crippen molar-refractivity contribution in [3.8, 4) is 0 Å². The standard InChI is InChI=1S/C8H14F2O4S/c1-4-6-5(2)8(9,10)7(13-6)14-15(3,11)12/h5-7H,4H2,1-3H3/t5-,6-,7?/m1/s1. The van der Waals surface area contributed by atoms with Crippen LogP contribution >= 0.6 is 0 Å². The summed E-state index contributed by atoms with van der Waals surface area (Å²) in [4.78, 5) is 0. The molecule has 90 valence electrons. The van der Waals surface area contributed by atoms with Gasteiger partial charge in [-0.15, -0.1) is 0 Å². The van der Waals surface area contributed by atoms with E-state index in [0.717, 1.165) is 6.26 Å². The average molecular weight is 244 g/mol. The van der Waals surface area contributed by atoms with Crippen molar-refractivity contribution in [3.05, 3.63) is 0 Å². The maximum Gasteiger partial charge on any atom is 0.304 e. The largest absolute Gasteiger partial charge is 0.343 e. The van der Waals surface area contributed by atoms with Crippen molar-refractivity contribution >= 4 is 10.1 Å². The van der Waals surface area contributed by atoms with E-state index in [0.29, 0.717) is 6.42 Å². The van der Waals surface area contributed by atoms with E-state index in [-0.39, 0.29) is 0 Å². The van der Waals surface area contributed by atoms with Gasteiger partial charge in [-0.05, 0) is 6.42 Å². The van der Waals surface area contributed by atoms with E-state index in [2.05, 4.69) is 4.18 Å². The highest BCUT2D eigenvalue weighted by molar-refractivity contribution is 7.86. The van der Waals surface area contributed by atoms with Crippen LogP contribution < -0.4 is 0 Å². The number of rotatable bonds is 3. The van der Waals surface area contributed by atoms with Gasteiger partial charge in [-0.3, -0.25) is 0 Å². The summed E-state index contributed by atoms with van der Waals surface area (Å²) in [5, 5.41) is 0. The van der Waals surface area contributed by atoms with Crippen LogP contribution in [-0.4, -0.2) is 33.0 Å². The van der Waals surface area contributed by atoms with Crippen LogP contribution in [0.15, 0.2) is 0 Å². The maximum absolute atomic E-state index is 13.5. The van der Waals surface area contributed by atoms with Gasteiger partial charge in [0, 0.05) is 0 Å². The third kappa shape index (κ3) is 2.64. The van der Waals surface area contributed by atoms with Gasteiger partial charge in [0.25, 0.3) is 10.1 Å². The minimum Gasteiger partial charge on any atom is -0.343 e. The van der Waals surface area contributed by atoms with E-state index in [1.54, 1.807) is 6.92 Å². The lowest BCUT2D eigenvalue weighted by Gasteiger charge is -2.19. The van der Waals surface area contributed by atoms with Crippen LogP contribution in [0.1, 0.15) is 20.3 Å². The van der Waals surface area contributed by atoms with Gasteiger partial charge in [-0.25, -0.2) is 13.0 Å². The zero-order valence-electron chi connectivity index (χ0n) is 8.74. The Morgan fingerprint density at radius 3 is 2.33 bits per heavy atom. The van der Waals surface area contributed by atoms with Gasteiger partial charge in [0.05, 0.1) is 18.3 Å². The summed E-state index contributed by atoms with van der Waals surface area (Å²) < 4.78 is 57.5. The molecule has 1 fully saturated rings. The predicted octanol–water partition coefficient (Wildman–Crippen LogP) is 1.37. The van der Waals surface area contributed by atoms with E-state index in [9.17, 15) is 17.2 Å². The van der Waals surface area contributed by atoms with Gasteiger partial charge in [0.2, 0.25) is 6.29 Å². The van der Waals surface area contributed by atoms with Crippen LogP contribution in [0.3, 0.4) is 0 Å². The molecule has 0 saturated carbocycles. The molecule has 3 atom stereocenters. The summed E-state index contributed by atoms with van der Waals surface area (Å²) >= 11 is 0. The topological polar surface area (TPSA) is 52.6 Å². The summed E-state index contributed by atoms with van der Waals surface area (Å²) in [5.41, 5.74) is 0. The van der Waals surface area contributed by atoms with Crippen LogP contribution in [0.5, 0.6) is 0 Å². The highest BCUT2D eigenvalue weighted by Gasteiger charge is 2.57. The fourth-order valence-corrected chi connectivity index (χ4v) is 2.02.